The largest absolute Gasteiger partial charge is 0.338 e. The van der Waals surface area contributed by atoms with Gasteiger partial charge in [0.25, 0.3) is 0 Å². The van der Waals surface area contributed by atoms with E-state index in [-0.39, 0.29) is 10.8 Å². The van der Waals surface area contributed by atoms with Gasteiger partial charge in [0, 0.05) is 41.8 Å². The fourth-order valence-corrected chi connectivity index (χ4v) is 7.22. The van der Waals surface area contributed by atoms with Crippen LogP contribution in [-0.4, -0.2) is 29.9 Å². The van der Waals surface area contributed by atoms with Crippen LogP contribution < -0.4 is 10.6 Å². The zero-order chi connectivity index (χ0) is 29.5. The van der Waals surface area contributed by atoms with Crippen molar-refractivity contribution in [3.63, 3.8) is 0 Å². The Kier molecular flexibility index (Phi) is 7.27. The molecule has 42 heavy (non-hydrogen) atoms. The fraction of sp³-hybridized carbons (Fsp3) is 0.282. The van der Waals surface area contributed by atoms with Gasteiger partial charge in [-0.15, -0.1) is 0 Å². The van der Waals surface area contributed by atoms with Gasteiger partial charge in [0.05, 0.1) is 11.1 Å². The molecule has 2 aliphatic rings. The van der Waals surface area contributed by atoms with E-state index in [9.17, 15) is 0 Å². The molecule has 4 aromatic carbocycles. The van der Waals surface area contributed by atoms with Gasteiger partial charge in [0.2, 0.25) is 5.69 Å². The summed E-state index contributed by atoms with van der Waals surface area (Å²) in [5.74, 6) is 0. The topological polar surface area (TPSA) is 32.3 Å². The summed E-state index contributed by atoms with van der Waals surface area (Å²) in [6.07, 6.45) is 11.7. The zero-order valence-corrected chi connectivity index (χ0v) is 25.6. The van der Waals surface area contributed by atoms with Crippen molar-refractivity contribution in [1.29, 1.82) is 0 Å². The summed E-state index contributed by atoms with van der Waals surface area (Å²) in [6.45, 7) is 14.1. The first kappa shape index (κ1) is 28.0. The van der Waals surface area contributed by atoms with Crippen LogP contribution in [-0.2, 0) is 10.8 Å². The lowest BCUT2D eigenvalue weighted by molar-refractivity contribution is -0.437. The maximum atomic E-state index is 5.95. The average Bonchev–Trinajstić information content (AvgIpc) is 3.35. The predicted octanol–water partition coefficient (Wildman–Crippen LogP) is 8.69. The number of anilines is 1. The Labute approximate surface area is 250 Å². The van der Waals surface area contributed by atoms with Crippen LogP contribution in [0.4, 0.5) is 11.4 Å². The molecule has 0 saturated carbocycles. The summed E-state index contributed by atoms with van der Waals surface area (Å²) in [6, 6.07) is 26.5. The third-order valence-corrected chi connectivity index (χ3v) is 9.13. The van der Waals surface area contributed by atoms with E-state index in [2.05, 4.69) is 153 Å². The normalized spacial score (nSPS) is 17.1. The number of hydrogen-bond donors (Lipinski definition) is 1. The molecule has 0 aromatic heterocycles. The van der Waals surface area contributed by atoms with Crippen molar-refractivity contribution in [1.82, 2.24) is 0 Å². The van der Waals surface area contributed by atoms with Crippen LogP contribution in [0.1, 0.15) is 52.2 Å². The van der Waals surface area contributed by atoms with Crippen molar-refractivity contribution in [3.8, 4) is 0 Å². The smallest absolute Gasteiger partial charge is 0.210 e. The minimum absolute atomic E-state index is 0.114. The van der Waals surface area contributed by atoms with E-state index in [1.165, 1.54) is 55.5 Å². The minimum Gasteiger partial charge on any atom is -0.338 e. The van der Waals surface area contributed by atoms with E-state index in [1.54, 1.807) is 0 Å². The molecule has 3 heteroatoms. The van der Waals surface area contributed by atoms with Crippen molar-refractivity contribution in [2.75, 3.05) is 24.5 Å². The Balaban J connectivity index is 1.32. The molecule has 0 fully saturated rings. The molecule has 0 unspecified atom stereocenters. The maximum Gasteiger partial charge on any atom is 0.210 e. The molecule has 0 saturated heterocycles. The third-order valence-electron chi connectivity index (χ3n) is 9.13. The lowest BCUT2D eigenvalue weighted by Gasteiger charge is -2.24. The SMILES string of the molecule is CCN1C(=C=C/C=C/C=C/C2=[N+](CCCN)c3ccc4ccccc4c3C2(C)C)C(C)(C)c2c1ccc1ccccc21. The Bertz CT molecular complexity index is 1840. The molecule has 2 heterocycles. The van der Waals surface area contributed by atoms with Crippen LogP contribution >= 0.6 is 0 Å². The summed E-state index contributed by atoms with van der Waals surface area (Å²) in [4.78, 5) is 2.41. The van der Waals surface area contributed by atoms with Crippen LogP contribution in [0.3, 0.4) is 0 Å². The van der Waals surface area contributed by atoms with Crippen LogP contribution in [0.15, 0.2) is 115 Å². The van der Waals surface area contributed by atoms with Crippen molar-refractivity contribution < 1.29 is 4.58 Å². The number of nitrogens with two attached hydrogens (primary N) is 1. The van der Waals surface area contributed by atoms with Crippen LogP contribution in [0, 0.1) is 0 Å². The summed E-state index contributed by atoms with van der Waals surface area (Å²) < 4.78 is 2.47. The van der Waals surface area contributed by atoms with Crippen molar-refractivity contribution in [2.24, 2.45) is 5.73 Å². The van der Waals surface area contributed by atoms with E-state index in [0.717, 1.165) is 19.5 Å². The number of rotatable bonds is 7. The van der Waals surface area contributed by atoms with E-state index in [0.29, 0.717) is 6.54 Å². The van der Waals surface area contributed by atoms with E-state index >= 15 is 0 Å². The number of fused-ring (bicyclic) bond motifs is 6. The molecule has 2 aliphatic heterocycles. The number of benzene rings is 4. The van der Waals surface area contributed by atoms with Gasteiger partial charge in [0.15, 0.2) is 12.3 Å². The molecule has 0 aliphatic carbocycles. The second kappa shape index (κ2) is 10.9. The summed E-state index contributed by atoms with van der Waals surface area (Å²) in [5.41, 5.74) is 17.3. The first-order valence-electron chi connectivity index (χ1n) is 15.3. The molecule has 0 amide bonds. The van der Waals surface area contributed by atoms with Gasteiger partial charge in [-0.3, -0.25) is 0 Å². The molecule has 6 rings (SSSR count). The van der Waals surface area contributed by atoms with E-state index in [1.807, 2.05) is 0 Å². The highest BCUT2D eigenvalue weighted by Gasteiger charge is 2.45. The van der Waals surface area contributed by atoms with E-state index in [4.69, 9.17) is 5.73 Å². The number of allylic oxidation sites excluding steroid dienone is 5. The first-order chi connectivity index (χ1) is 20.3. The summed E-state index contributed by atoms with van der Waals surface area (Å²) in [5, 5.41) is 5.24. The highest BCUT2D eigenvalue weighted by Crippen LogP contribution is 2.50. The molecule has 0 radical (unpaired) electrons. The van der Waals surface area contributed by atoms with Gasteiger partial charge in [-0.2, -0.15) is 4.58 Å². The lowest BCUT2D eigenvalue weighted by Crippen LogP contribution is -2.28. The van der Waals surface area contributed by atoms with Gasteiger partial charge in [-0.1, -0.05) is 78.6 Å². The van der Waals surface area contributed by atoms with Crippen molar-refractivity contribution in [2.45, 2.75) is 51.9 Å². The first-order valence-corrected chi connectivity index (χ1v) is 15.3. The van der Waals surface area contributed by atoms with Crippen LogP contribution in [0.25, 0.3) is 21.5 Å². The molecule has 4 aromatic rings. The number of hydrogen-bond acceptors (Lipinski definition) is 2. The highest BCUT2D eigenvalue weighted by atomic mass is 15.2. The molecular weight excluding hydrogens is 510 g/mol. The Morgan fingerprint density at radius 3 is 2.14 bits per heavy atom. The molecule has 212 valence electrons. The van der Waals surface area contributed by atoms with Crippen molar-refractivity contribution in [3.05, 3.63) is 126 Å². The number of likely N-dealkylation sites (N-methyl/N-ethyl adjacent to an activating group) is 1. The molecule has 0 atom stereocenters. The molecule has 0 spiro atoms. The van der Waals surface area contributed by atoms with Gasteiger partial charge in [-0.05, 0) is 86.5 Å². The summed E-state index contributed by atoms with van der Waals surface area (Å²) >= 11 is 0. The second-order valence-electron chi connectivity index (χ2n) is 12.4. The predicted molar refractivity (Wildman–Crippen MR) is 180 cm³/mol. The number of nitrogens with zero attached hydrogens (tertiary/aromatic N) is 2. The maximum absolute atomic E-state index is 5.95. The van der Waals surface area contributed by atoms with Gasteiger partial charge in [0.1, 0.15) is 0 Å². The minimum atomic E-state index is -0.131. The average molecular weight is 553 g/mol. The second-order valence-corrected chi connectivity index (χ2v) is 12.4. The van der Waals surface area contributed by atoms with Crippen LogP contribution in [0.5, 0.6) is 0 Å². The van der Waals surface area contributed by atoms with Crippen LogP contribution in [0.2, 0.25) is 0 Å². The zero-order valence-electron chi connectivity index (χ0n) is 25.6. The van der Waals surface area contributed by atoms with Crippen molar-refractivity contribution >= 4 is 38.6 Å². The Hall–Kier alpha value is -4.17. The highest BCUT2D eigenvalue weighted by molar-refractivity contribution is 6.07. The monoisotopic (exact) mass is 552 g/mol. The Morgan fingerprint density at radius 2 is 1.45 bits per heavy atom. The fourth-order valence-electron chi connectivity index (χ4n) is 7.22. The molecule has 0 bridgehead atoms. The quantitative estimate of drug-likeness (QED) is 0.141. The van der Waals surface area contributed by atoms with Gasteiger partial charge < -0.3 is 10.6 Å². The Morgan fingerprint density at radius 1 is 0.786 bits per heavy atom. The molecule has 3 nitrogen and oxygen atoms in total. The lowest BCUT2D eigenvalue weighted by atomic mass is 9.79. The molecular formula is C39H42N3+. The third kappa shape index (κ3) is 4.45. The van der Waals surface area contributed by atoms with E-state index < -0.39 is 0 Å². The van der Waals surface area contributed by atoms with Gasteiger partial charge in [-0.25, -0.2) is 0 Å². The molecule has 2 N–H and O–H groups in total. The standard InChI is InChI=1S/C39H42N3/c1-6-41-32-24-22-28-16-11-13-18-30(28)36(32)38(2,3)34(41)20-9-7-8-10-21-35-39(4,5)37-31-19-14-12-17-29(31)23-25-33(37)42(35)27-15-26-40/h7-14,16-19,21-25H,6,15,26-27,40H2,1-5H3/q+1/b8-7+,21-10+. The van der Waals surface area contributed by atoms with Gasteiger partial charge >= 0.3 is 0 Å². The summed E-state index contributed by atoms with van der Waals surface area (Å²) in [7, 11) is 0.